The summed E-state index contributed by atoms with van der Waals surface area (Å²) in [6.07, 6.45) is 3.30. The molecule has 0 amide bonds. The predicted octanol–water partition coefficient (Wildman–Crippen LogP) is 1.92. The Bertz CT molecular complexity index is 588. The Kier molecular flexibility index (Phi) is 4.15. The second-order valence-electron chi connectivity index (χ2n) is 5.24. The number of hydrogen-bond donors (Lipinski definition) is 2. The standard InChI is InChI=1S/C14H19NO4S/c1-2-4-11-5-7-12(8-6-11)20(18,19)15-14(13(16)17)9-3-10-14/h5-8,15H,2-4,9-10H2,1H3,(H,16,17). The molecule has 20 heavy (non-hydrogen) atoms. The second-order valence-corrected chi connectivity index (χ2v) is 6.92. The van der Waals surface area contributed by atoms with Crippen LogP contribution in [0.3, 0.4) is 0 Å². The van der Waals surface area contributed by atoms with Crippen molar-refractivity contribution in [3.8, 4) is 0 Å². The summed E-state index contributed by atoms with van der Waals surface area (Å²) in [5.41, 5.74) is -0.246. The van der Waals surface area contributed by atoms with Crippen LogP contribution in [0.4, 0.5) is 0 Å². The van der Waals surface area contributed by atoms with Gasteiger partial charge in [-0.2, -0.15) is 4.72 Å². The quantitative estimate of drug-likeness (QED) is 0.840. The Labute approximate surface area is 119 Å². The fourth-order valence-electron chi connectivity index (χ4n) is 2.33. The number of sulfonamides is 1. The molecule has 1 fully saturated rings. The largest absolute Gasteiger partial charge is 0.480 e. The van der Waals surface area contributed by atoms with Gasteiger partial charge >= 0.3 is 5.97 Å². The fourth-order valence-corrected chi connectivity index (χ4v) is 3.75. The molecule has 2 rings (SSSR count). The molecule has 0 aromatic heterocycles. The molecule has 0 bridgehead atoms. The SMILES string of the molecule is CCCc1ccc(S(=O)(=O)NC2(C(=O)O)CCC2)cc1. The first-order valence-electron chi connectivity index (χ1n) is 6.76. The van der Waals surface area contributed by atoms with Gasteiger partial charge in [-0.15, -0.1) is 0 Å². The van der Waals surface area contributed by atoms with E-state index in [2.05, 4.69) is 11.6 Å². The van der Waals surface area contributed by atoms with E-state index in [1.54, 1.807) is 12.1 Å². The smallest absolute Gasteiger partial charge is 0.324 e. The Hall–Kier alpha value is -1.40. The minimum absolute atomic E-state index is 0.116. The lowest BCUT2D eigenvalue weighted by molar-refractivity contribution is -0.147. The maximum Gasteiger partial charge on any atom is 0.324 e. The van der Waals surface area contributed by atoms with Crippen LogP contribution in [-0.4, -0.2) is 25.0 Å². The Morgan fingerprint density at radius 1 is 1.30 bits per heavy atom. The van der Waals surface area contributed by atoms with Crippen molar-refractivity contribution in [1.82, 2.24) is 4.72 Å². The third-order valence-corrected chi connectivity index (χ3v) is 5.27. The van der Waals surface area contributed by atoms with Crippen molar-refractivity contribution in [2.45, 2.75) is 49.5 Å². The van der Waals surface area contributed by atoms with Crippen molar-refractivity contribution >= 4 is 16.0 Å². The summed E-state index contributed by atoms with van der Waals surface area (Å²) < 4.78 is 26.8. The van der Waals surface area contributed by atoms with E-state index in [0.29, 0.717) is 12.8 Å². The van der Waals surface area contributed by atoms with Gasteiger partial charge in [-0.05, 0) is 43.4 Å². The Morgan fingerprint density at radius 3 is 2.30 bits per heavy atom. The van der Waals surface area contributed by atoms with Crippen molar-refractivity contribution in [3.05, 3.63) is 29.8 Å². The predicted molar refractivity (Wildman–Crippen MR) is 75.0 cm³/mol. The van der Waals surface area contributed by atoms with Gasteiger partial charge in [0.1, 0.15) is 5.54 Å². The molecule has 0 unspecified atom stereocenters. The van der Waals surface area contributed by atoms with Crippen molar-refractivity contribution in [1.29, 1.82) is 0 Å². The van der Waals surface area contributed by atoms with E-state index in [1.165, 1.54) is 12.1 Å². The summed E-state index contributed by atoms with van der Waals surface area (Å²) in [4.78, 5) is 11.3. The first-order valence-corrected chi connectivity index (χ1v) is 8.24. The van der Waals surface area contributed by atoms with Crippen molar-refractivity contribution in [2.75, 3.05) is 0 Å². The molecule has 110 valence electrons. The van der Waals surface area contributed by atoms with Gasteiger partial charge in [-0.3, -0.25) is 4.79 Å². The fraction of sp³-hybridized carbons (Fsp3) is 0.500. The molecule has 1 aromatic carbocycles. The summed E-state index contributed by atoms with van der Waals surface area (Å²) in [5.74, 6) is -1.10. The zero-order valence-electron chi connectivity index (χ0n) is 11.4. The van der Waals surface area contributed by atoms with Gasteiger partial charge in [-0.1, -0.05) is 25.5 Å². The Morgan fingerprint density at radius 2 is 1.90 bits per heavy atom. The van der Waals surface area contributed by atoms with Crippen LogP contribution in [0.1, 0.15) is 38.2 Å². The molecule has 0 radical (unpaired) electrons. The van der Waals surface area contributed by atoms with Crippen LogP contribution in [0, 0.1) is 0 Å². The molecule has 0 spiro atoms. The van der Waals surface area contributed by atoms with Gasteiger partial charge in [0.25, 0.3) is 0 Å². The molecule has 2 N–H and O–H groups in total. The molecule has 1 aliphatic rings. The summed E-state index contributed by atoms with van der Waals surface area (Å²) in [6.45, 7) is 2.05. The third kappa shape index (κ3) is 2.86. The van der Waals surface area contributed by atoms with Crippen molar-refractivity contribution < 1.29 is 18.3 Å². The van der Waals surface area contributed by atoms with Crippen molar-refractivity contribution in [2.24, 2.45) is 0 Å². The van der Waals surface area contributed by atoms with Gasteiger partial charge in [0.2, 0.25) is 10.0 Å². The molecule has 1 aromatic rings. The number of carboxylic acids is 1. The van der Waals surface area contributed by atoms with Gasteiger partial charge < -0.3 is 5.11 Å². The van der Waals surface area contributed by atoms with Gasteiger partial charge in [0, 0.05) is 0 Å². The number of rotatable bonds is 6. The average molecular weight is 297 g/mol. The van der Waals surface area contributed by atoms with Gasteiger partial charge in [-0.25, -0.2) is 8.42 Å². The lowest BCUT2D eigenvalue weighted by Crippen LogP contribution is -2.58. The molecule has 1 saturated carbocycles. The number of benzene rings is 1. The first-order chi connectivity index (χ1) is 9.39. The highest BCUT2D eigenvalue weighted by Crippen LogP contribution is 2.33. The van der Waals surface area contributed by atoms with Crippen LogP contribution in [0.15, 0.2) is 29.2 Å². The van der Waals surface area contributed by atoms with E-state index < -0.39 is 21.5 Å². The molecular weight excluding hydrogens is 278 g/mol. The van der Waals surface area contributed by atoms with Gasteiger partial charge in [0.05, 0.1) is 4.90 Å². The highest BCUT2D eigenvalue weighted by Gasteiger charge is 2.47. The van der Waals surface area contributed by atoms with Crippen molar-refractivity contribution in [3.63, 3.8) is 0 Å². The van der Waals surface area contributed by atoms with E-state index in [-0.39, 0.29) is 4.90 Å². The van der Waals surface area contributed by atoms with E-state index in [1.807, 2.05) is 0 Å². The normalized spacial score (nSPS) is 17.4. The van der Waals surface area contributed by atoms with Gasteiger partial charge in [0.15, 0.2) is 0 Å². The minimum Gasteiger partial charge on any atom is -0.480 e. The number of carbonyl (C=O) groups is 1. The summed E-state index contributed by atoms with van der Waals surface area (Å²) in [7, 11) is -3.79. The monoisotopic (exact) mass is 297 g/mol. The lowest BCUT2D eigenvalue weighted by Gasteiger charge is -2.37. The zero-order chi connectivity index (χ0) is 14.8. The molecule has 6 heteroatoms. The number of aliphatic carboxylic acids is 1. The summed E-state index contributed by atoms with van der Waals surface area (Å²) in [5, 5.41) is 9.18. The lowest BCUT2D eigenvalue weighted by atomic mass is 9.78. The second kappa shape index (κ2) is 5.54. The maximum absolute atomic E-state index is 12.2. The summed E-state index contributed by atoms with van der Waals surface area (Å²) in [6, 6.07) is 6.60. The van der Waals surface area contributed by atoms with Crippen LogP contribution >= 0.6 is 0 Å². The van der Waals surface area contributed by atoms with E-state index in [4.69, 9.17) is 0 Å². The van der Waals surface area contributed by atoms with Crippen LogP contribution in [-0.2, 0) is 21.2 Å². The Balaban J connectivity index is 2.20. The number of aryl methyl sites for hydroxylation is 1. The van der Waals surface area contributed by atoms with Crippen LogP contribution in [0.25, 0.3) is 0 Å². The van der Waals surface area contributed by atoms with E-state index >= 15 is 0 Å². The molecule has 5 nitrogen and oxygen atoms in total. The first kappa shape index (κ1) is 15.0. The molecule has 0 atom stereocenters. The highest BCUT2D eigenvalue weighted by molar-refractivity contribution is 7.89. The molecule has 1 aliphatic carbocycles. The van der Waals surface area contributed by atoms with Crippen LogP contribution in [0.5, 0.6) is 0 Å². The topological polar surface area (TPSA) is 83.5 Å². The van der Waals surface area contributed by atoms with Crippen LogP contribution in [0.2, 0.25) is 0 Å². The molecular formula is C14H19NO4S. The maximum atomic E-state index is 12.2. The minimum atomic E-state index is -3.79. The van der Waals surface area contributed by atoms with E-state index in [9.17, 15) is 18.3 Å². The number of hydrogen-bond acceptors (Lipinski definition) is 3. The van der Waals surface area contributed by atoms with Crippen LogP contribution < -0.4 is 4.72 Å². The molecule has 0 aliphatic heterocycles. The summed E-state index contributed by atoms with van der Waals surface area (Å²) >= 11 is 0. The molecule has 0 heterocycles. The molecule has 0 saturated heterocycles. The third-order valence-electron chi connectivity index (χ3n) is 3.72. The highest BCUT2D eigenvalue weighted by atomic mass is 32.2. The number of carboxylic acid groups (broad SMARTS) is 1. The number of nitrogens with one attached hydrogen (secondary N) is 1. The zero-order valence-corrected chi connectivity index (χ0v) is 12.2. The average Bonchev–Trinajstić information content (AvgIpc) is 2.34. The van der Waals surface area contributed by atoms with E-state index in [0.717, 1.165) is 24.8 Å².